The molecule has 6 nitrogen and oxygen atoms in total. The van der Waals surface area contributed by atoms with Gasteiger partial charge in [0.1, 0.15) is 0 Å². The van der Waals surface area contributed by atoms with Gasteiger partial charge in [0, 0.05) is 42.1 Å². The second kappa shape index (κ2) is 8.14. The van der Waals surface area contributed by atoms with Crippen LogP contribution >= 0.6 is 11.3 Å². The maximum atomic E-state index is 12.5. The van der Waals surface area contributed by atoms with Crippen molar-refractivity contribution in [3.63, 3.8) is 0 Å². The van der Waals surface area contributed by atoms with Gasteiger partial charge in [0.05, 0.1) is 23.0 Å². The van der Waals surface area contributed by atoms with Crippen LogP contribution in [0.15, 0.2) is 35.8 Å². The molecule has 7 heteroatoms. The zero-order valence-corrected chi connectivity index (χ0v) is 16.7. The minimum absolute atomic E-state index is 0.0413. The van der Waals surface area contributed by atoms with E-state index in [0.29, 0.717) is 26.1 Å². The van der Waals surface area contributed by atoms with E-state index in [9.17, 15) is 9.59 Å². The molecular weight excluding hydrogens is 372 g/mol. The standard InChI is InChI=1S/C21H24N4O2S/c1-14-24-17(13-28-14)10-20(26)25-9-7-16(12-25)21(27)22-8-6-15-11-23-19-5-3-2-4-18(15)19/h2-5,11,13,16,23H,6-10,12H2,1H3,(H,22,27)/t16-/m0/s1. The van der Waals surface area contributed by atoms with E-state index >= 15 is 0 Å². The average molecular weight is 397 g/mol. The SMILES string of the molecule is Cc1nc(CC(=O)N2CC[C@H](C(=O)NCCc3c[nH]c4ccccc34)C2)cs1. The van der Waals surface area contributed by atoms with Gasteiger partial charge in [0.2, 0.25) is 11.8 Å². The van der Waals surface area contributed by atoms with Gasteiger partial charge < -0.3 is 15.2 Å². The molecule has 1 atom stereocenters. The Bertz CT molecular complexity index is 993. The summed E-state index contributed by atoms with van der Waals surface area (Å²) in [6.07, 6.45) is 3.83. The Morgan fingerprint density at radius 3 is 3.04 bits per heavy atom. The first kappa shape index (κ1) is 18.7. The maximum absolute atomic E-state index is 12.5. The highest BCUT2D eigenvalue weighted by atomic mass is 32.1. The number of H-pyrrole nitrogens is 1. The second-order valence-electron chi connectivity index (χ2n) is 7.26. The van der Waals surface area contributed by atoms with Gasteiger partial charge >= 0.3 is 0 Å². The number of aromatic amines is 1. The van der Waals surface area contributed by atoms with E-state index in [4.69, 9.17) is 0 Å². The lowest BCUT2D eigenvalue weighted by molar-refractivity contribution is -0.130. The number of para-hydroxylation sites is 1. The van der Waals surface area contributed by atoms with Crippen LogP contribution < -0.4 is 5.32 Å². The molecule has 1 aliphatic rings. The molecule has 1 fully saturated rings. The van der Waals surface area contributed by atoms with E-state index in [1.807, 2.05) is 30.6 Å². The fourth-order valence-electron chi connectivity index (χ4n) is 3.76. The number of nitrogens with one attached hydrogen (secondary N) is 2. The molecule has 3 aromatic rings. The summed E-state index contributed by atoms with van der Waals surface area (Å²) in [6, 6.07) is 8.17. The first-order chi connectivity index (χ1) is 13.6. The van der Waals surface area contributed by atoms with Gasteiger partial charge in [0.15, 0.2) is 0 Å². The van der Waals surface area contributed by atoms with Crippen LogP contribution in [0.25, 0.3) is 10.9 Å². The van der Waals surface area contributed by atoms with Gasteiger partial charge in [-0.3, -0.25) is 9.59 Å². The second-order valence-corrected chi connectivity index (χ2v) is 8.32. The van der Waals surface area contributed by atoms with Crippen LogP contribution in [-0.2, 0) is 22.4 Å². The summed E-state index contributed by atoms with van der Waals surface area (Å²) in [7, 11) is 0. The summed E-state index contributed by atoms with van der Waals surface area (Å²) in [5.74, 6) is -0.0249. The number of carbonyl (C=O) groups excluding carboxylic acids is 2. The smallest absolute Gasteiger partial charge is 0.228 e. The van der Waals surface area contributed by atoms with Crippen LogP contribution in [0.1, 0.15) is 22.7 Å². The van der Waals surface area contributed by atoms with E-state index in [0.717, 1.165) is 29.1 Å². The molecule has 4 rings (SSSR count). The van der Waals surface area contributed by atoms with E-state index in [2.05, 4.69) is 27.4 Å². The number of fused-ring (bicyclic) bond motifs is 1. The Morgan fingerprint density at radius 2 is 2.21 bits per heavy atom. The van der Waals surface area contributed by atoms with E-state index in [1.165, 1.54) is 10.9 Å². The maximum Gasteiger partial charge on any atom is 0.228 e. The molecule has 0 spiro atoms. The number of amides is 2. The Balaban J connectivity index is 1.25. The number of hydrogen-bond acceptors (Lipinski definition) is 4. The normalized spacial score (nSPS) is 16.6. The van der Waals surface area contributed by atoms with Crippen molar-refractivity contribution < 1.29 is 9.59 Å². The van der Waals surface area contributed by atoms with Crippen LogP contribution in [0.4, 0.5) is 0 Å². The van der Waals surface area contributed by atoms with Crippen molar-refractivity contribution in [2.75, 3.05) is 19.6 Å². The lowest BCUT2D eigenvalue weighted by Gasteiger charge is -2.16. The molecule has 2 amide bonds. The van der Waals surface area contributed by atoms with Crippen LogP contribution in [0.3, 0.4) is 0 Å². The topological polar surface area (TPSA) is 78.1 Å². The van der Waals surface area contributed by atoms with Gasteiger partial charge in [-0.25, -0.2) is 4.98 Å². The van der Waals surface area contributed by atoms with Crippen molar-refractivity contribution in [1.29, 1.82) is 0 Å². The molecule has 1 aromatic carbocycles. The quantitative estimate of drug-likeness (QED) is 0.672. The Kier molecular flexibility index (Phi) is 5.43. The van der Waals surface area contributed by atoms with Gasteiger partial charge in [-0.05, 0) is 31.4 Å². The molecule has 0 bridgehead atoms. The predicted octanol–water partition coefficient (Wildman–Crippen LogP) is 2.68. The summed E-state index contributed by atoms with van der Waals surface area (Å²) in [5, 5.41) is 7.14. The van der Waals surface area contributed by atoms with Crippen molar-refractivity contribution in [1.82, 2.24) is 20.2 Å². The van der Waals surface area contributed by atoms with Crippen molar-refractivity contribution in [3.8, 4) is 0 Å². The number of aryl methyl sites for hydroxylation is 1. The molecule has 3 heterocycles. The summed E-state index contributed by atoms with van der Waals surface area (Å²) in [4.78, 5) is 34.3. The highest BCUT2D eigenvalue weighted by Crippen LogP contribution is 2.20. The number of likely N-dealkylation sites (tertiary alicyclic amines) is 1. The van der Waals surface area contributed by atoms with Gasteiger partial charge in [0.25, 0.3) is 0 Å². The van der Waals surface area contributed by atoms with E-state index in [-0.39, 0.29) is 17.7 Å². The fraction of sp³-hybridized carbons (Fsp3) is 0.381. The molecule has 28 heavy (non-hydrogen) atoms. The Morgan fingerprint density at radius 1 is 1.36 bits per heavy atom. The van der Waals surface area contributed by atoms with E-state index in [1.54, 1.807) is 16.2 Å². The summed E-state index contributed by atoms with van der Waals surface area (Å²) < 4.78 is 0. The zero-order chi connectivity index (χ0) is 19.5. The molecule has 1 aliphatic heterocycles. The minimum Gasteiger partial charge on any atom is -0.361 e. The summed E-state index contributed by atoms with van der Waals surface area (Å²) >= 11 is 1.55. The third-order valence-electron chi connectivity index (χ3n) is 5.28. The van der Waals surface area contributed by atoms with Gasteiger partial charge in [-0.15, -0.1) is 11.3 Å². The highest BCUT2D eigenvalue weighted by molar-refractivity contribution is 7.09. The number of thiazole rings is 1. The first-order valence-corrected chi connectivity index (χ1v) is 10.5. The summed E-state index contributed by atoms with van der Waals surface area (Å²) in [6.45, 7) is 3.68. The third kappa shape index (κ3) is 4.09. The van der Waals surface area contributed by atoms with Crippen LogP contribution in [-0.4, -0.2) is 46.3 Å². The van der Waals surface area contributed by atoms with E-state index < -0.39 is 0 Å². The molecule has 0 unspecified atom stereocenters. The summed E-state index contributed by atoms with van der Waals surface area (Å²) in [5.41, 5.74) is 3.14. The fourth-order valence-corrected chi connectivity index (χ4v) is 4.37. The lowest BCUT2D eigenvalue weighted by Crippen LogP contribution is -2.36. The monoisotopic (exact) mass is 396 g/mol. The molecule has 0 saturated carbocycles. The average Bonchev–Trinajstić information content (AvgIpc) is 3.42. The Labute approximate surface area is 168 Å². The molecule has 2 aromatic heterocycles. The lowest BCUT2D eigenvalue weighted by atomic mass is 10.1. The van der Waals surface area contributed by atoms with Crippen LogP contribution in [0.2, 0.25) is 0 Å². The number of carbonyl (C=O) groups is 2. The number of hydrogen-bond donors (Lipinski definition) is 2. The van der Waals surface area contributed by atoms with Crippen molar-refractivity contribution in [3.05, 3.63) is 52.1 Å². The third-order valence-corrected chi connectivity index (χ3v) is 6.10. The van der Waals surface area contributed by atoms with Crippen molar-refractivity contribution in [2.45, 2.75) is 26.2 Å². The predicted molar refractivity (Wildman–Crippen MR) is 110 cm³/mol. The highest BCUT2D eigenvalue weighted by Gasteiger charge is 2.31. The molecule has 0 radical (unpaired) electrons. The number of aromatic nitrogens is 2. The van der Waals surface area contributed by atoms with Crippen molar-refractivity contribution in [2.24, 2.45) is 5.92 Å². The van der Waals surface area contributed by atoms with Gasteiger partial charge in [-0.1, -0.05) is 18.2 Å². The van der Waals surface area contributed by atoms with Crippen LogP contribution in [0, 0.1) is 12.8 Å². The number of benzene rings is 1. The zero-order valence-electron chi connectivity index (χ0n) is 15.9. The molecule has 0 aliphatic carbocycles. The largest absolute Gasteiger partial charge is 0.361 e. The number of nitrogens with zero attached hydrogens (tertiary/aromatic N) is 2. The minimum atomic E-state index is -0.121. The Hall–Kier alpha value is -2.67. The first-order valence-electron chi connectivity index (χ1n) is 9.61. The van der Waals surface area contributed by atoms with Crippen molar-refractivity contribution >= 4 is 34.1 Å². The van der Waals surface area contributed by atoms with Crippen LogP contribution in [0.5, 0.6) is 0 Å². The molecular formula is C21H24N4O2S. The molecule has 2 N–H and O–H groups in total. The molecule has 1 saturated heterocycles. The van der Waals surface area contributed by atoms with Gasteiger partial charge in [-0.2, -0.15) is 0 Å². The molecule has 146 valence electrons. The number of rotatable bonds is 6.